The van der Waals surface area contributed by atoms with Crippen molar-refractivity contribution < 1.29 is 13.2 Å². The summed E-state index contributed by atoms with van der Waals surface area (Å²) in [4.78, 5) is 4.38. The number of methoxy groups -OCH3 is 1. The van der Waals surface area contributed by atoms with Crippen LogP contribution in [0.1, 0.15) is 16.7 Å². The minimum Gasteiger partial charge on any atom is -0.495 e. The Morgan fingerprint density at radius 2 is 1.71 bits per heavy atom. The minimum atomic E-state index is -3.80. The average Bonchev–Trinajstić information content (AvgIpc) is 2.69. The van der Waals surface area contributed by atoms with Crippen LogP contribution in [0.15, 0.2) is 65.7 Å². The third kappa shape index (κ3) is 4.61. The van der Waals surface area contributed by atoms with E-state index in [2.05, 4.69) is 15.0 Å². The highest BCUT2D eigenvalue weighted by Crippen LogP contribution is 2.29. The van der Waals surface area contributed by atoms with Gasteiger partial charge >= 0.3 is 0 Å². The van der Waals surface area contributed by atoms with Crippen molar-refractivity contribution in [2.24, 2.45) is 0 Å². The molecular formula is C21H23N3O3S. The van der Waals surface area contributed by atoms with Gasteiger partial charge in [0.2, 0.25) is 0 Å². The van der Waals surface area contributed by atoms with Gasteiger partial charge in [0.25, 0.3) is 10.0 Å². The van der Waals surface area contributed by atoms with E-state index in [4.69, 9.17) is 4.74 Å². The van der Waals surface area contributed by atoms with Crippen LogP contribution in [0, 0.1) is 13.8 Å². The van der Waals surface area contributed by atoms with Gasteiger partial charge in [-0.1, -0.05) is 30.3 Å². The van der Waals surface area contributed by atoms with E-state index >= 15 is 0 Å². The summed E-state index contributed by atoms with van der Waals surface area (Å²) >= 11 is 0. The maximum Gasteiger partial charge on any atom is 0.265 e. The highest BCUT2D eigenvalue weighted by molar-refractivity contribution is 7.92. The Kier molecular flexibility index (Phi) is 5.84. The molecule has 1 heterocycles. The molecule has 1 aromatic heterocycles. The fourth-order valence-corrected chi connectivity index (χ4v) is 3.97. The molecule has 0 aliphatic heterocycles. The van der Waals surface area contributed by atoms with Crippen LogP contribution in [0.2, 0.25) is 0 Å². The molecule has 0 saturated heterocycles. The number of hydrogen-bond acceptors (Lipinski definition) is 5. The maximum absolute atomic E-state index is 12.8. The van der Waals surface area contributed by atoms with Crippen molar-refractivity contribution in [1.29, 1.82) is 0 Å². The number of ether oxygens (including phenoxy) is 1. The lowest BCUT2D eigenvalue weighted by Crippen LogP contribution is -2.15. The molecule has 2 N–H and O–H groups in total. The maximum atomic E-state index is 12.8. The number of rotatable bonds is 7. The molecule has 0 radical (unpaired) electrons. The van der Waals surface area contributed by atoms with Gasteiger partial charge in [0, 0.05) is 6.54 Å². The molecule has 0 bridgehead atoms. The number of benzene rings is 2. The van der Waals surface area contributed by atoms with Gasteiger partial charge in [-0.25, -0.2) is 13.4 Å². The first-order chi connectivity index (χ1) is 13.4. The number of sulfonamides is 1. The van der Waals surface area contributed by atoms with Crippen LogP contribution in [0.25, 0.3) is 0 Å². The number of pyridine rings is 1. The van der Waals surface area contributed by atoms with Crippen molar-refractivity contribution in [2.45, 2.75) is 25.3 Å². The Morgan fingerprint density at radius 3 is 2.36 bits per heavy atom. The summed E-state index contributed by atoms with van der Waals surface area (Å²) in [5, 5.41) is 3.21. The monoisotopic (exact) mass is 397 g/mol. The van der Waals surface area contributed by atoms with Crippen LogP contribution in [-0.2, 0) is 16.6 Å². The molecule has 7 heteroatoms. The van der Waals surface area contributed by atoms with Gasteiger partial charge in [-0.05, 0) is 54.8 Å². The van der Waals surface area contributed by atoms with E-state index in [-0.39, 0.29) is 4.90 Å². The molecule has 0 atom stereocenters. The van der Waals surface area contributed by atoms with Crippen LogP contribution in [0.4, 0.5) is 11.5 Å². The predicted octanol–water partition coefficient (Wildman–Crippen LogP) is 4.12. The van der Waals surface area contributed by atoms with E-state index in [1.165, 1.54) is 13.3 Å². The van der Waals surface area contributed by atoms with Crippen LogP contribution in [0.3, 0.4) is 0 Å². The molecule has 0 spiro atoms. The Morgan fingerprint density at radius 1 is 1.00 bits per heavy atom. The molecule has 146 valence electrons. The van der Waals surface area contributed by atoms with Gasteiger partial charge in [-0.2, -0.15) is 0 Å². The second-order valence-electron chi connectivity index (χ2n) is 6.46. The number of aromatic nitrogens is 1. The lowest BCUT2D eigenvalue weighted by molar-refractivity contribution is 0.402. The van der Waals surface area contributed by atoms with Crippen molar-refractivity contribution in [3.63, 3.8) is 0 Å². The Hall–Kier alpha value is -3.06. The molecule has 28 heavy (non-hydrogen) atoms. The molecular weight excluding hydrogens is 374 g/mol. The second kappa shape index (κ2) is 8.31. The quantitative estimate of drug-likeness (QED) is 0.627. The number of aryl methyl sites for hydroxylation is 2. The molecule has 0 amide bonds. The summed E-state index contributed by atoms with van der Waals surface area (Å²) in [7, 11) is -2.34. The van der Waals surface area contributed by atoms with Crippen molar-refractivity contribution in [2.75, 3.05) is 17.1 Å². The fraction of sp³-hybridized carbons (Fsp3) is 0.190. The molecule has 0 aliphatic carbocycles. The van der Waals surface area contributed by atoms with Crippen LogP contribution >= 0.6 is 0 Å². The van der Waals surface area contributed by atoms with Gasteiger partial charge in [0.05, 0.1) is 19.0 Å². The second-order valence-corrected chi connectivity index (χ2v) is 8.11. The van der Waals surface area contributed by atoms with Gasteiger partial charge in [0.1, 0.15) is 16.5 Å². The van der Waals surface area contributed by atoms with E-state index in [1.807, 2.05) is 44.2 Å². The van der Waals surface area contributed by atoms with Crippen molar-refractivity contribution in [3.05, 3.63) is 77.5 Å². The lowest BCUT2D eigenvalue weighted by Gasteiger charge is -2.14. The number of nitrogens with zero attached hydrogens (tertiary/aromatic N) is 1. The molecule has 6 nitrogen and oxygen atoms in total. The lowest BCUT2D eigenvalue weighted by atomic mass is 10.1. The fourth-order valence-electron chi connectivity index (χ4n) is 2.69. The summed E-state index contributed by atoms with van der Waals surface area (Å²) in [5.74, 6) is 0.972. The van der Waals surface area contributed by atoms with E-state index < -0.39 is 10.0 Å². The highest BCUT2D eigenvalue weighted by Gasteiger charge is 2.21. The molecule has 0 unspecified atom stereocenters. The zero-order valence-corrected chi connectivity index (χ0v) is 16.9. The van der Waals surface area contributed by atoms with E-state index in [0.29, 0.717) is 23.8 Å². The number of anilines is 2. The SMILES string of the molecule is COc1cc(C)c(C)cc1S(=O)(=O)Nc1ccc(NCc2ccccc2)nc1. The van der Waals surface area contributed by atoms with Crippen molar-refractivity contribution >= 4 is 21.5 Å². The summed E-state index contributed by atoms with van der Waals surface area (Å²) in [6, 6.07) is 16.7. The molecule has 3 aromatic rings. The normalized spacial score (nSPS) is 11.1. The Balaban J connectivity index is 1.73. The molecule has 2 aromatic carbocycles. The first-order valence-corrected chi connectivity index (χ1v) is 10.3. The highest BCUT2D eigenvalue weighted by atomic mass is 32.2. The van der Waals surface area contributed by atoms with Gasteiger partial charge in [-0.15, -0.1) is 0 Å². The summed E-state index contributed by atoms with van der Waals surface area (Å²) in [5.41, 5.74) is 3.35. The number of hydrogen-bond donors (Lipinski definition) is 2. The molecule has 0 aliphatic rings. The summed E-state index contributed by atoms with van der Waals surface area (Å²) in [6.45, 7) is 4.41. The minimum absolute atomic E-state index is 0.101. The van der Waals surface area contributed by atoms with E-state index in [1.54, 1.807) is 24.3 Å². The van der Waals surface area contributed by atoms with Crippen LogP contribution < -0.4 is 14.8 Å². The zero-order valence-electron chi connectivity index (χ0n) is 16.1. The standard InChI is InChI=1S/C21H23N3O3S/c1-15-11-19(27-3)20(12-16(15)2)28(25,26)24-18-9-10-21(23-14-18)22-13-17-7-5-4-6-8-17/h4-12,14,24H,13H2,1-3H3,(H,22,23). The van der Waals surface area contributed by atoms with E-state index in [0.717, 1.165) is 16.7 Å². The molecule has 3 rings (SSSR count). The first kappa shape index (κ1) is 19.7. The van der Waals surface area contributed by atoms with Gasteiger partial charge in [0.15, 0.2) is 0 Å². The Labute approximate surface area is 165 Å². The van der Waals surface area contributed by atoms with Crippen molar-refractivity contribution in [3.8, 4) is 5.75 Å². The van der Waals surface area contributed by atoms with Crippen LogP contribution in [0.5, 0.6) is 5.75 Å². The summed E-state index contributed by atoms with van der Waals surface area (Å²) in [6.07, 6.45) is 1.48. The Bertz CT molecular complexity index is 1050. The largest absolute Gasteiger partial charge is 0.495 e. The van der Waals surface area contributed by atoms with Gasteiger partial charge in [-0.3, -0.25) is 4.72 Å². The summed E-state index contributed by atoms with van der Waals surface area (Å²) < 4.78 is 33.4. The zero-order chi connectivity index (χ0) is 20.1. The van der Waals surface area contributed by atoms with E-state index in [9.17, 15) is 8.42 Å². The third-order valence-corrected chi connectivity index (χ3v) is 5.80. The predicted molar refractivity (Wildman–Crippen MR) is 111 cm³/mol. The number of nitrogens with one attached hydrogen (secondary N) is 2. The molecule has 0 fully saturated rings. The first-order valence-electron chi connectivity index (χ1n) is 8.81. The smallest absolute Gasteiger partial charge is 0.265 e. The third-order valence-electron chi connectivity index (χ3n) is 4.40. The van der Waals surface area contributed by atoms with Gasteiger partial charge < -0.3 is 10.1 Å². The van der Waals surface area contributed by atoms with Crippen molar-refractivity contribution in [1.82, 2.24) is 4.98 Å². The van der Waals surface area contributed by atoms with Crippen LogP contribution in [-0.4, -0.2) is 20.5 Å². The average molecular weight is 398 g/mol. The molecule has 0 saturated carbocycles. The topological polar surface area (TPSA) is 80.3 Å².